The predicted molar refractivity (Wildman–Crippen MR) is 78.5 cm³/mol. The molecule has 0 aromatic carbocycles. The number of anilines is 1. The van der Waals surface area contributed by atoms with Gasteiger partial charge in [0.25, 0.3) is 5.91 Å². The molecule has 0 aliphatic rings. The Morgan fingerprint density at radius 3 is 2.75 bits per heavy atom. The van der Waals surface area contributed by atoms with E-state index in [2.05, 4.69) is 20.6 Å². The highest BCUT2D eigenvalue weighted by molar-refractivity contribution is 5.99. The molecule has 0 aliphatic heterocycles. The SMILES string of the molecule is CCNc1cc(C)ncc1C(=O)NCc1ccncc1. The summed E-state index contributed by atoms with van der Waals surface area (Å²) in [5.74, 6) is -0.134. The molecule has 2 aromatic heterocycles. The van der Waals surface area contributed by atoms with Crippen molar-refractivity contribution in [3.05, 3.63) is 53.6 Å². The lowest BCUT2D eigenvalue weighted by molar-refractivity contribution is 0.0951. The maximum absolute atomic E-state index is 12.2. The van der Waals surface area contributed by atoms with Crippen LogP contribution in [-0.2, 0) is 6.54 Å². The van der Waals surface area contributed by atoms with Crippen LogP contribution in [0, 0.1) is 6.92 Å². The molecule has 0 radical (unpaired) electrons. The van der Waals surface area contributed by atoms with Gasteiger partial charge in [0.2, 0.25) is 0 Å². The zero-order valence-corrected chi connectivity index (χ0v) is 11.7. The van der Waals surface area contributed by atoms with Crippen molar-refractivity contribution in [3.63, 3.8) is 0 Å². The number of aromatic nitrogens is 2. The van der Waals surface area contributed by atoms with E-state index >= 15 is 0 Å². The molecule has 2 aromatic rings. The third-order valence-corrected chi connectivity index (χ3v) is 2.85. The van der Waals surface area contributed by atoms with E-state index in [1.807, 2.05) is 32.0 Å². The molecule has 0 atom stereocenters. The summed E-state index contributed by atoms with van der Waals surface area (Å²) in [6.45, 7) is 5.13. The van der Waals surface area contributed by atoms with Gasteiger partial charge in [-0.15, -0.1) is 0 Å². The van der Waals surface area contributed by atoms with Gasteiger partial charge in [0.1, 0.15) is 0 Å². The van der Waals surface area contributed by atoms with Crippen LogP contribution < -0.4 is 10.6 Å². The van der Waals surface area contributed by atoms with E-state index in [9.17, 15) is 4.79 Å². The van der Waals surface area contributed by atoms with Crippen LogP contribution in [0.3, 0.4) is 0 Å². The Morgan fingerprint density at radius 2 is 2.05 bits per heavy atom. The minimum atomic E-state index is -0.134. The molecule has 1 amide bonds. The standard InChI is InChI=1S/C15H18N4O/c1-3-17-14-8-11(2)18-10-13(14)15(20)19-9-12-4-6-16-7-5-12/h4-8,10H,3,9H2,1-2H3,(H,17,18)(H,19,20). The fourth-order valence-corrected chi connectivity index (χ4v) is 1.86. The highest BCUT2D eigenvalue weighted by atomic mass is 16.1. The second-order valence-electron chi connectivity index (χ2n) is 4.44. The molecule has 2 N–H and O–H groups in total. The lowest BCUT2D eigenvalue weighted by Crippen LogP contribution is -2.24. The molecule has 5 heteroatoms. The lowest BCUT2D eigenvalue weighted by atomic mass is 10.2. The summed E-state index contributed by atoms with van der Waals surface area (Å²) in [5, 5.41) is 6.07. The fourth-order valence-electron chi connectivity index (χ4n) is 1.86. The van der Waals surface area contributed by atoms with Crippen molar-refractivity contribution in [1.82, 2.24) is 15.3 Å². The maximum Gasteiger partial charge on any atom is 0.255 e. The molecule has 20 heavy (non-hydrogen) atoms. The van der Waals surface area contributed by atoms with Crippen molar-refractivity contribution in [2.75, 3.05) is 11.9 Å². The summed E-state index contributed by atoms with van der Waals surface area (Å²) in [7, 11) is 0. The molecule has 104 valence electrons. The lowest BCUT2D eigenvalue weighted by Gasteiger charge is -2.11. The number of amides is 1. The Labute approximate surface area is 118 Å². The quantitative estimate of drug-likeness (QED) is 0.873. The normalized spacial score (nSPS) is 10.1. The van der Waals surface area contributed by atoms with Gasteiger partial charge < -0.3 is 10.6 Å². The molecular formula is C15H18N4O. The summed E-state index contributed by atoms with van der Waals surface area (Å²) in [4.78, 5) is 20.4. The first-order valence-corrected chi connectivity index (χ1v) is 6.58. The predicted octanol–water partition coefficient (Wildman–Crippen LogP) is 2.15. The van der Waals surface area contributed by atoms with Crippen molar-refractivity contribution in [1.29, 1.82) is 0 Å². The van der Waals surface area contributed by atoms with E-state index in [4.69, 9.17) is 0 Å². The summed E-state index contributed by atoms with van der Waals surface area (Å²) in [6.07, 6.45) is 5.02. The second kappa shape index (κ2) is 6.65. The first kappa shape index (κ1) is 14.0. The van der Waals surface area contributed by atoms with Crippen LogP contribution in [0.4, 0.5) is 5.69 Å². The van der Waals surface area contributed by atoms with Crippen LogP contribution in [-0.4, -0.2) is 22.4 Å². The van der Waals surface area contributed by atoms with Gasteiger partial charge in [-0.2, -0.15) is 0 Å². The number of carbonyl (C=O) groups is 1. The fraction of sp³-hybridized carbons (Fsp3) is 0.267. The third kappa shape index (κ3) is 3.54. The van der Waals surface area contributed by atoms with E-state index in [0.29, 0.717) is 12.1 Å². The van der Waals surface area contributed by atoms with Crippen molar-refractivity contribution >= 4 is 11.6 Å². The summed E-state index contributed by atoms with van der Waals surface area (Å²) >= 11 is 0. The van der Waals surface area contributed by atoms with Gasteiger partial charge in [-0.1, -0.05) is 0 Å². The van der Waals surface area contributed by atoms with E-state index in [-0.39, 0.29) is 5.91 Å². The van der Waals surface area contributed by atoms with Gasteiger partial charge in [0.15, 0.2) is 0 Å². The molecule has 0 spiro atoms. The molecule has 0 fully saturated rings. The molecule has 0 unspecified atom stereocenters. The van der Waals surface area contributed by atoms with E-state index in [1.165, 1.54) is 0 Å². The highest BCUT2D eigenvalue weighted by Gasteiger charge is 2.11. The molecule has 0 saturated carbocycles. The minimum Gasteiger partial charge on any atom is -0.385 e. The second-order valence-corrected chi connectivity index (χ2v) is 4.44. The Balaban J connectivity index is 2.09. The van der Waals surface area contributed by atoms with Gasteiger partial charge in [0, 0.05) is 37.4 Å². The van der Waals surface area contributed by atoms with Crippen LogP contribution in [0.25, 0.3) is 0 Å². The molecule has 2 heterocycles. The molecule has 0 saturated heterocycles. The number of hydrogen-bond donors (Lipinski definition) is 2. The Bertz CT molecular complexity index is 584. The van der Waals surface area contributed by atoms with Crippen LogP contribution in [0.2, 0.25) is 0 Å². The first-order valence-electron chi connectivity index (χ1n) is 6.58. The molecule has 0 bridgehead atoms. The number of hydrogen-bond acceptors (Lipinski definition) is 4. The summed E-state index contributed by atoms with van der Waals surface area (Å²) < 4.78 is 0. The van der Waals surface area contributed by atoms with Crippen LogP contribution in [0.5, 0.6) is 0 Å². The van der Waals surface area contributed by atoms with Crippen LogP contribution in [0.15, 0.2) is 36.8 Å². The number of carbonyl (C=O) groups excluding carboxylic acids is 1. The van der Waals surface area contributed by atoms with Gasteiger partial charge in [-0.3, -0.25) is 14.8 Å². The number of aryl methyl sites for hydroxylation is 1. The molecule has 2 rings (SSSR count). The van der Waals surface area contributed by atoms with Gasteiger partial charge in [0.05, 0.1) is 11.3 Å². The first-order chi connectivity index (χ1) is 9.70. The van der Waals surface area contributed by atoms with E-state index in [0.717, 1.165) is 23.5 Å². The average molecular weight is 270 g/mol. The van der Waals surface area contributed by atoms with Gasteiger partial charge in [-0.05, 0) is 37.6 Å². The molecular weight excluding hydrogens is 252 g/mol. The van der Waals surface area contributed by atoms with Gasteiger partial charge in [-0.25, -0.2) is 0 Å². The highest BCUT2D eigenvalue weighted by Crippen LogP contribution is 2.15. The van der Waals surface area contributed by atoms with Crippen molar-refractivity contribution in [2.45, 2.75) is 20.4 Å². The van der Waals surface area contributed by atoms with Crippen LogP contribution in [0.1, 0.15) is 28.5 Å². The van der Waals surface area contributed by atoms with Gasteiger partial charge >= 0.3 is 0 Å². The maximum atomic E-state index is 12.2. The van der Waals surface area contributed by atoms with Crippen molar-refractivity contribution in [3.8, 4) is 0 Å². The number of pyridine rings is 2. The topological polar surface area (TPSA) is 66.9 Å². The Hall–Kier alpha value is -2.43. The largest absolute Gasteiger partial charge is 0.385 e. The number of nitrogens with zero attached hydrogens (tertiary/aromatic N) is 2. The zero-order chi connectivity index (χ0) is 14.4. The van der Waals surface area contributed by atoms with Crippen molar-refractivity contribution < 1.29 is 4.79 Å². The van der Waals surface area contributed by atoms with E-state index in [1.54, 1.807) is 18.6 Å². The summed E-state index contributed by atoms with van der Waals surface area (Å²) in [6, 6.07) is 5.63. The smallest absolute Gasteiger partial charge is 0.255 e. The van der Waals surface area contributed by atoms with E-state index < -0.39 is 0 Å². The number of rotatable bonds is 5. The number of nitrogens with one attached hydrogen (secondary N) is 2. The van der Waals surface area contributed by atoms with Crippen molar-refractivity contribution in [2.24, 2.45) is 0 Å². The minimum absolute atomic E-state index is 0.134. The van der Waals surface area contributed by atoms with Crippen LogP contribution >= 0.6 is 0 Å². The third-order valence-electron chi connectivity index (χ3n) is 2.85. The Kier molecular flexibility index (Phi) is 4.65. The average Bonchev–Trinajstić information content (AvgIpc) is 2.46. The molecule has 5 nitrogen and oxygen atoms in total. The summed E-state index contributed by atoms with van der Waals surface area (Å²) in [5.41, 5.74) is 3.27. The monoisotopic (exact) mass is 270 g/mol. The Morgan fingerprint density at radius 1 is 1.30 bits per heavy atom. The zero-order valence-electron chi connectivity index (χ0n) is 11.7. The molecule has 0 aliphatic carbocycles.